The largest absolute Gasteiger partial charge is 0.459 e. The van der Waals surface area contributed by atoms with Crippen LogP contribution < -0.4 is 0 Å². The summed E-state index contributed by atoms with van der Waals surface area (Å²) in [6, 6.07) is 0. The highest BCUT2D eigenvalue weighted by molar-refractivity contribution is 5.94. The summed E-state index contributed by atoms with van der Waals surface area (Å²) in [4.78, 5) is 94.7. The first-order valence-electron chi connectivity index (χ1n) is 29.8. The smallest absolute Gasteiger partial charge is 0.351 e. The third kappa shape index (κ3) is 12.2. The SMILES string of the molecule is C=C(C)C(=O)OC(C)(CC)C12CC3CC(CC(C3)C1)C2.C=C(C)C(=O)OC12CC3CC(CC(O)(C3)C1)C2.C=C(C)C(=O)OCC(=O)OC1C2CC3CC(C2)C(=O)OC1C3.C=C(C)C(=O)OCCOC(=O)C12CCC(C)(C(=O)O1)C2(C)C. The molecule has 17 heteroatoms. The molecule has 3 aliphatic heterocycles. The van der Waals surface area contributed by atoms with Crippen LogP contribution in [0.15, 0.2) is 48.6 Å². The molecule has 0 spiro atoms. The summed E-state index contributed by atoms with van der Waals surface area (Å²) in [5.41, 5.74) is -2.09. The summed E-state index contributed by atoms with van der Waals surface area (Å²) in [7, 11) is 0. The third-order valence-corrected chi connectivity index (χ3v) is 21.2. The predicted molar refractivity (Wildman–Crippen MR) is 295 cm³/mol. The first-order chi connectivity index (χ1) is 37.8. The molecular weight excluding hydrogens is 1040 g/mol. The van der Waals surface area contributed by atoms with E-state index in [0.717, 1.165) is 75.5 Å². The molecular formula is C64H90O17. The lowest BCUT2D eigenvalue weighted by atomic mass is 9.45. The average Bonchev–Trinajstić information content (AvgIpc) is 2.83. The van der Waals surface area contributed by atoms with Gasteiger partial charge in [-0.25, -0.2) is 28.8 Å². The molecule has 0 radical (unpaired) electrons. The summed E-state index contributed by atoms with van der Waals surface area (Å²) in [6.07, 6.45) is 18.1. The number of fused-ring (bicyclic) bond motifs is 3. The fraction of sp³-hybridized carbons (Fsp3) is 0.750. The molecule has 448 valence electrons. The number of hydrogen-bond donors (Lipinski definition) is 1. The summed E-state index contributed by atoms with van der Waals surface area (Å²) in [5.74, 6) is 0.979. The summed E-state index contributed by atoms with van der Waals surface area (Å²) >= 11 is 0. The Kier molecular flexibility index (Phi) is 17.6. The van der Waals surface area contributed by atoms with Gasteiger partial charge < -0.3 is 43.0 Å². The molecule has 0 aromatic carbocycles. The minimum absolute atomic E-state index is 0.0564. The Labute approximate surface area is 478 Å². The second-order valence-corrected chi connectivity index (χ2v) is 27.8. The second kappa shape index (κ2) is 23.0. The minimum Gasteiger partial charge on any atom is -0.459 e. The maximum absolute atomic E-state index is 12.4. The topological polar surface area (TPSA) is 231 Å². The van der Waals surface area contributed by atoms with E-state index < -0.39 is 64.2 Å². The molecule has 11 saturated carbocycles. The lowest BCUT2D eigenvalue weighted by molar-refractivity contribution is -0.217. The molecule has 81 heavy (non-hydrogen) atoms. The molecule has 3 saturated heterocycles. The van der Waals surface area contributed by atoms with Crippen molar-refractivity contribution < 1.29 is 81.4 Å². The highest BCUT2D eigenvalue weighted by Gasteiger charge is 2.76. The van der Waals surface area contributed by atoms with Gasteiger partial charge in [-0.3, -0.25) is 9.59 Å². The first kappa shape index (κ1) is 61.7. The molecule has 3 heterocycles. The number of aliphatic hydroxyl groups is 1. The number of carbonyl (C=O) groups is 8. The molecule has 0 amide bonds. The predicted octanol–water partition coefficient (Wildman–Crippen LogP) is 9.83. The van der Waals surface area contributed by atoms with E-state index in [9.17, 15) is 43.5 Å². The summed E-state index contributed by atoms with van der Waals surface area (Å²) in [5, 5.41) is 10.5. The van der Waals surface area contributed by atoms with Crippen molar-refractivity contribution in [1.29, 1.82) is 0 Å². The van der Waals surface area contributed by atoms with Crippen LogP contribution >= 0.6 is 0 Å². The van der Waals surface area contributed by atoms with Crippen LogP contribution in [-0.4, -0.2) is 107 Å². The van der Waals surface area contributed by atoms with Crippen molar-refractivity contribution in [3.63, 3.8) is 0 Å². The fourth-order valence-electron chi connectivity index (χ4n) is 17.2. The number of rotatable bonds is 15. The molecule has 14 rings (SSSR count). The Morgan fingerprint density at radius 1 is 0.642 bits per heavy atom. The van der Waals surface area contributed by atoms with Crippen LogP contribution in [0, 0.1) is 63.6 Å². The molecule has 14 bridgehead atoms. The van der Waals surface area contributed by atoms with Crippen LogP contribution in [0.4, 0.5) is 0 Å². The van der Waals surface area contributed by atoms with Crippen molar-refractivity contribution in [1.82, 2.24) is 0 Å². The Morgan fingerprint density at radius 3 is 1.69 bits per heavy atom. The first-order valence-corrected chi connectivity index (χ1v) is 29.8. The summed E-state index contributed by atoms with van der Waals surface area (Å²) in [6.45, 7) is 30.1. The van der Waals surface area contributed by atoms with Gasteiger partial charge in [0.25, 0.3) is 0 Å². The highest BCUT2D eigenvalue weighted by atomic mass is 16.6. The van der Waals surface area contributed by atoms with Gasteiger partial charge in [-0.15, -0.1) is 0 Å². The minimum atomic E-state index is -1.24. The molecule has 11 aliphatic carbocycles. The monoisotopic (exact) mass is 1130 g/mol. The normalized spacial score (nSPS) is 38.2. The van der Waals surface area contributed by atoms with Crippen molar-refractivity contribution in [3.8, 4) is 0 Å². The van der Waals surface area contributed by atoms with E-state index in [4.69, 9.17) is 37.9 Å². The van der Waals surface area contributed by atoms with Crippen molar-refractivity contribution in [3.05, 3.63) is 48.6 Å². The Hall–Kier alpha value is -5.32. The van der Waals surface area contributed by atoms with E-state index in [1.54, 1.807) is 13.8 Å². The van der Waals surface area contributed by atoms with Gasteiger partial charge in [0.2, 0.25) is 5.60 Å². The van der Waals surface area contributed by atoms with Gasteiger partial charge in [-0.2, -0.15) is 0 Å². The van der Waals surface area contributed by atoms with Crippen LogP contribution in [0.5, 0.6) is 0 Å². The van der Waals surface area contributed by atoms with Crippen molar-refractivity contribution in [2.45, 2.75) is 219 Å². The Morgan fingerprint density at radius 2 is 1.19 bits per heavy atom. The molecule has 14 aliphatic rings. The van der Waals surface area contributed by atoms with Gasteiger partial charge in [0.05, 0.1) is 16.9 Å². The highest BCUT2D eigenvalue weighted by Crippen LogP contribution is 2.67. The molecule has 10 atom stereocenters. The molecule has 10 unspecified atom stereocenters. The van der Waals surface area contributed by atoms with Crippen LogP contribution in [-0.2, 0) is 76.3 Å². The maximum atomic E-state index is 12.4. The van der Waals surface area contributed by atoms with Crippen LogP contribution in [0.1, 0.15) is 184 Å². The van der Waals surface area contributed by atoms with E-state index in [2.05, 4.69) is 40.2 Å². The number of esters is 8. The Bertz CT molecular complexity index is 2540. The quantitative estimate of drug-likeness (QED) is 0.0696. The van der Waals surface area contributed by atoms with Gasteiger partial charge in [0.15, 0.2) is 6.61 Å². The Balaban J connectivity index is 0.000000142. The average molecular weight is 1130 g/mol. The lowest BCUT2D eigenvalue weighted by Gasteiger charge is -2.62. The van der Waals surface area contributed by atoms with Gasteiger partial charge in [0, 0.05) is 45.5 Å². The van der Waals surface area contributed by atoms with Gasteiger partial charge in [0.1, 0.15) is 36.6 Å². The maximum Gasteiger partial charge on any atom is 0.351 e. The van der Waals surface area contributed by atoms with E-state index in [-0.39, 0.29) is 77.2 Å². The standard InChI is InChI=1S/C18H28O2.C16H20O6.C16H22O6.C14H20O3/c1-5-17(4,20-16(19)12(2)3)18-9-13-6-14(10-18)8-15(7-13)11-18;1-8(2)15(18)20-7-13(17)22-14-10-3-9-4-11(6-10)16(19)21-12(14)5-9;1-10(2)11(17)20-8-9-21-13(19)16-7-6-15(5,12(18)22-16)14(16,3)4;1-9(2)12(15)17-14-6-10-3-11(7-14)5-13(16,4-10)8-14/h13-15H,2,5-11H2,1,3-4H3;9-12,14H,1,3-7H2,2H3;1,6-9H2,2-5H3;10-11,16H,1,3-8H2,2H3. The fourth-order valence-corrected chi connectivity index (χ4v) is 17.2. The molecule has 0 aromatic rings. The lowest BCUT2D eigenvalue weighted by Crippen LogP contribution is -2.60. The molecule has 14 fully saturated rings. The third-order valence-electron chi connectivity index (χ3n) is 21.2. The summed E-state index contributed by atoms with van der Waals surface area (Å²) < 4.78 is 42.9. The van der Waals surface area contributed by atoms with Gasteiger partial charge >= 0.3 is 47.8 Å². The van der Waals surface area contributed by atoms with Gasteiger partial charge in [-0.1, -0.05) is 47.1 Å². The molecule has 0 aromatic heterocycles. The van der Waals surface area contributed by atoms with Crippen LogP contribution in [0.3, 0.4) is 0 Å². The van der Waals surface area contributed by atoms with E-state index >= 15 is 0 Å². The van der Waals surface area contributed by atoms with Gasteiger partial charge in [-0.05, 0) is 193 Å². The van der Waals surface area contributed by atoms with Crippen LogP contribution in [0.25, 0.3) is 0 Å². The number of carbonyl (C=O) groups excluding carboxylic acids is 8. The zero-order valence-electron chi connectivity index (χ0n) is 49.6. The zero-order chi connectivity index (χ0) is 59.4. The molecule has 17 nitrogen and oxygen atoms in total. The van der Waals surface area contributed by atoms with Crippen LogP contribution in [0.2, 0.25) is 0 Å². The van der Waals surface area contributed by atoms with Crippen molar-refractivity contribution in [2.75, 3.05) is 19.8 Å². The zero-order valence-corrected chi connectivity index (χ0v) is 49.6. The van der Waals surface area contributed by atoms with E-state index in [1.807, 2.05) is 20.8 Å². The van der Waals surface area contributed by atoms with Crippen molar-refractivity contribution in [2.24, 2.45) is 63.6 Å². The number of hydrogen-bond acceptors (Lipinski definition) is 17. The molecule has 1 N–H and O–H groups in total. The second-order valence-electron chi connectivity index (χ2n) is 27.8. The number of ether oxygens (including phenoxy) is 8. The van der Waals surface area contributed by atoms with Crippen molar-refractivity contribution >= 4 is 47.8 Å². The van der Waals surface area contributed by atoms with E-state index in [0.29, 0.717) is 48.2 Å². The van der Waals surface area contributed by atoms with E-state index in [1.165, 1.54) is 58.8 Å².